The van der Waals surface area contributed by atoms with Gasteiger partial charge in [-0.15, -0.1) is 0 Å². The van der Waals surface area contributed by atoms with E-state index < -0.39 is 17.6 Å². The molecule has 10 heteroatoms. The van der Waals surface area contributed by atoms with E-state index in [2.05, 4.69) is 5.32 Å². The second kappa shape index (κ2) is 9.06. The highest BCUT2D eigenvalue weighted by Crippen LogP contribution is 2.52. The molecule has 7 rings (SSSR count). The largest absolute Gasteiger partial charge is 0.457 e. The Bertz CT molecular complexity index is 1700. The summed E-state index contributed by atoms with van der Waals surface area (Å²) in [6, 6.07) is 25.5. The van der Waals surface area contributed by atoms with Crippen molar-refractivity contribution in [2.24, 2.45) is 5.10 Å². The van der Waals surface area contributed by atoms with Crippen LogP contribution in [0.5, 0.6) is 5.75 Å². The Hall–Kier alpha value is -4.44. The summed E-state index contributed by atoms with van der Waals surface area (Å²) in [5, 5.41) is 9.39. The summed E-state index contributed by atoms with van der Waals surface area (Å²) in [5.74, 6) is -0.157. The van der Waals surface area contributed by atoms with Gasteiger partial charge in [-0.3, -0.25) is 10.1 Å². The number of carbonyl (C=O) groups is 1. The minimum atomic E-state index is -4.47. The van der Waals surface area contributed by atoms with Crippen molar-refractivity contribution in [1.82, 2.24) is 10.3 Å². The summed E-state index contributed by atoms with van der Waals surface area (Å²) in [5.41, 5.74) is 2.33. The summed E-state index contributed by atoms with van der Waals surface area (Å²) < 4.78 is 52.2. The van der Waals surface area contributed by atoms with E-state index in [1.165, 1.54) is 6.07 Å². The SMILES string of the molecule is O=C1NC2(Oc3ccccc3C3CC(c4ccccc4)=NN32)C(=Cc2ccc(-c3cccc(C(F)(F)F)c3)o2)S1. The fourth-order valence-electron chi connectivity index (χ4n) is 5.23. The van der Waals surface area contributed by atoms with Crippen molar-refractivity contribution in [1.29, 1.82) is 0 Å². The lowest BCUT2D eigenvalue weighted by molar-refractivity contribution is -0.137. The molecule has 1 aromatic heterocycles. The number of rotatable bonds is 3. The van der Waals surface area contributed by atoms with Gasteiger partial charge in [-0.1, -0.05) is 60.7 Å². The first-order chi connectivity index (χ1) is 19.3. The number of hydrazone groups is 1. The number of nitrogens with zero attached hydrogens (tertiary/aromatic N) is 2. The number of alkyl halides is 3. The number of amides is 1. The molecule has 2 atom stereocenters. The fourth-order valence-corrected chi connectivity index (χ4v) is 6.12. The second-order valence-electron chi connectivity index (χ2n) is 9.56. The van der Waals surface area contributed by atoms with Gasteiger partial charge in [0.1, 0.15) is 17.3 Å². The molecule has 4 heterocycles. The predicted molar refractivity (Wildman–Crippen MR) is 145 cm³/mol. The van der Waals surface area contributed by atoms with Crippen LogP contribution in [0.1, 0.15) is 34.9 Å². The highest BCUT2D eigenvalue weighted by Gasteiger charge is 2.58. The number of ether oxygens (including phenoxy) is 1. The highest BCUT2D eigenvalue weighted by atomic mass is 32.2. The monoisotopic (exact) mass is 559 g/mol. The average molecular weight is 560 g/mol. The zero-order valence-corrected chi connectivity index (χ0v) is 21.5. The van der Waals surface area contributed by atoms with Gasteiger partial charge in [0.05, 0.1) is 22.2 Å². The van der Waals surface area contributed by atoms with Gasteiger partial charge in [0.25, 0.3) is 5.24 Å². The van der Waals surface area contributed by atoms with Crippen LogP contribution in [0.4, 0.5) is 18.0 Å². The molecule has 0 bridgehead atoms. The number of hydrogen-bond acceptors (Lipinski definition) is 6. The summed E-state index contributed by atoms with van der Waals surface area (Å²) in [6.45, 7) is 0. The van der Waals surface area contributed by atoms with Crippen molar-refractivity contribution in [3.63, 3.8) is 0 Å². The molecule has 2 unspecified atom stereocenters. The third-order valence-electron chi connectivity index (χ3n) is 7.06. The summed E-state index contributed by atoms with van der Waals surface area (Å²) in [7, 11) is 0. The van der Waals surface area contributed by atoms with Crippen LogP contribution in [0.15, 0.2) is 105 Å². The molecule has 1 amide bonds. The Labute approximate surface area is 231 Å². The van der Waals surface area contributed by atoms with E-state index in [1.807, 2.05) is 54.6 Å². The standard InChI is InChI=1S/C30H20F3N3O3S/c31-29(32,33)20-10-6-9-19(15-20)25-14-13-21(38-25)16-27-30(34-28(37)40-27)36-24(22-11-4-5-12-26(22)39-30)17-23(35-36)18-7-2-1-3-8-18/h1-16,24H,17H2,(H,34,37). The molecular formula is C30H20F3N3O3S. The van der Waals surface area contributed by atoms with Crippen molar-refractivity contribution >= 4 is 28.8 Å². The molecule has 0 radical (unpaired) electrons. The van der Waals surface area contributed by atoms with Crippen molar-refractivity contribution in [2.45, 2.75) is 24.5 Å². The van der Waals surface area contributed by atoms with Gasteiger partial charge in [0.2, 0.25) is 0 Å². The summed E-state index contributed by atoms with van der Waals surface area (Å²) in [4.78, 5) is 13.3. The predicted octanol–water partition coefficient (Wildman–Crippen LogP) is 7.66. The van der Waals surface area contributed by atoms with Gasteiger partial charge >= 0.3 is 12.0 Å². The molecule has 3 aromatic carbocycles. The number of fused-ring (bicyclic) bond motifs is 4. The normalized spacial score (nSPS) is 22.6. The first-order valence-electron chi connectivity index (χ1n) is 12.5. The minimum Gasteiger partial charge on any atom is -0.457 e. The Morgan fingerprint density at radius 1 is 0.975 bits per heavy atom. The maximum Gasteiger partial charge on any atom is 0.416 e. The third-order valence-corrected chi connectivity index (χ3v) is 7.96. The van der Waals surface area contributed by atoms with E-state index in [9.17, 15) is 18.0 Å². The first-order valence-corrected chi connectivity index (χ1v) is 13.3. The number of halogens is 3. The number of thioether (sulfide) groups is 1. The zero-order chi connectivity index (χ0) is 27.5. The molecule has 4 aromatic rings. The van der Waals surface area contributed by atoms with Gasteiger partial charge in [-0.05, 0) is 53.7 Å². The van der Waals surface area contributed by atoms with Gasteiger partial charge in [0, 0.05) is 17.5 Å². The van der Waals surface area contributed by atoms with Crippen molar-refractivity contribution in [2.75, 3.05) is 0 Å². The molecule has 1 fully saturated rings. The second-order valence-corrected chi connectivity index (χ2v) is 10.6. The van der Waals surface area contributed by atoms with Gasteiger partial charge in [0.15, 0.2) is 0 Å². The van der Waals surface area contributed by atoms with E-state index in [4.69, 9.17) is 14.3 Å². The number of hydrogen-bond donors (Lipinski definition) is 1. The lowest BCUT2D eigenvalue weighted by atomic mass is 9.96. The maximum absolute atomic E-state index is 13.2. The highest BCUT2D eigenvalue weighted by molar-refractivity contribution is 8.17. The Kier molecular flexibility index (Phi) is 5.57. The quantitative estimate of drug-likeness (QED) is 0.279. The van der Waals surface area contributed by atoms with Crippen LogP contribution in [0.3, 0.4) is 0 Å². The first kappa shape index (κ1) is 24.6. The van der Waals surface area contributed by atoms with E-state index in [0.717, 1.165) is 40.7 Å². The van der Waals surface area contributed by atoms with Crippen LogP contribution in [0.25, 0.3) is 17.4 Å². The number of carbonyl (C=O) groups excluding carboxylic acids is 1. The smallest absolute Gasteiger partial charge is 0.416 e. The zero-order valence-electron chi connectivity index (χ0n) is 20.7. The lowest BCUT2D eigenvalue weighted by Crippen LogP contribution is -2.61. The van der Waals surface area contributed by atoms with Crippen LogP contribution in [0.2, 0.25) is 0 Å². The van der Waals surface area contributed by atoms with Crippen LogP contribution in [-0.2, 0) is 6.18 Å². The molecular weight excluding hydrogens is 539 g/mol. The fraction of sp³-hybridized carbons (Fsp3) is 0.133. The molecule has 3 aliphatic rings. The van der Waals surface area contributed by atoms with Crippen molar-refractivity contribution in [3.8, 4) is 17.1 Å². The Morgan fingerprint density at radius 2 is 1.75 bits per heavy atom. The molecule has 1 spiro atoms. The molecule has 6 nitrogen and oxygen atoms in total. The third kappa shape index (κ3) is 4.06. The maximum atomic E-state index is 13.2. The Morgan fingerprint density at radius 3 is 2.58 bits per heavy atom. The number of nitrogens with one attached hydrogen (secondary N) is 1. The molecule has 1 N–H and O–H groups in total. The van der Waals surface area contributed by atoms with E-state index >= 15 is 0 Å². The summed E-state index contributed by atoms with van der Waals surface area (Å²) >= 11 is 0.964. The van der Waals surface area contributed by atoms with E-state index in [1.54, 1.807) is 29.3 Å². The molecule has 0 aliphatic carbocycles. The molecule has 3 aliphatic heterocycles. The van der Waals surface area contributed by atoms with Crippen LogP contribution in [-0.4, -0.2) is 21.8 Å². The minimum absolute atomic E-state index is 0.195. The molecule has 0 saturated carbocycles. The summed E-state index contributed by atoms with van der Waals surface area (Å²) in [6.07, 6.45) is -2.19. The van der Waals surface area contributed by atoms with Crippen molar-refractivity contribution < 1.29 is 27.1 Å². The van der Waals surface area contributed by atoms with Gasteiger partial charge < -0.3 is 9.15 Å². The Balaban J connectivity index is 1.30. The van der Waals surface area contributed by atoms with E-state index in [-0.39, 0.29) is 17.0 Å². The van der Waals surface area contributed by atoms with Gasteiger partial charge in [-0.25, -0.2) is 5.01 Å². The van der Waals surface area contributed by atoms with Crippen LogP contribution in [0, 0.1) is 0 Å². The topological polar surface area (TPSA) is 67.1 Å². The average Bonchev–Trinajstić information content (AvgIpc) is 3.68. The lowest BCUT2D eigenvalue weighted by Gasteiger charge is -2.44. The van der Waals surface area contributed by atoms with Gasteiger partial charge in [-0.2, -0.15) is 18.3 Å². The van der Waals surface area contributed by atoms with E-state index in [0.29, 0.717) is 28.4 Å². The molecule has 1 saturated heterocycles. The number of furan rings is 1. The molecule has 40 heavy (non-hydrogen) atoms. The van der Waals surface area contributed by atoms with Crippen LogP contribution >= 0.6 is 11.8 Å². The van der Waals surface area contributed by atoms with Crippen molar-refractivity contribution in [3.05, 3.63) is 118 Å². The number of para-hydroxylation sites is 1. The van der Waals surface area contributed by atoms with Crippen LogP contribution < -0.4 is 10.1 Å². The molecule has 200 valence electrons. The number of benzene rings is 3.